The average molecular weight is 306 g/mol. The Kier molecular flexibility index (Phi) is 6.68. The highest BCUT2D eigenvalue weighted by Gasteiger charge is 2.25. The average Bonchev–Trinajstić information content (AvgIpc) is 2.57. The number of hydrogen-bond acceptors (Lipinski definition) is 3. The van der Waals surface area contributed by atoms with Gasteiger partial charge in [0.15, 0.2) is 0 Å². The Morgan fingerprint density at radius 2 is 2.05 bits per heavy atom. The zero-order chi connectivity index (χ0) is 15.8. The molecular weight excluding hydrogens is 280 g/mol. The highest BCUT2D eigenvalue weighted by molar-refractivity contribution is 5.74. The molecule has 0 radical (unpaired) electrons. The van der Waals surface area contributed by atoms with Crippen molar-refractivity contribution >= 4 is 6.03 Å². The van der Waals surface area contributed by atoms with Crippen LogP contribution in [0, 0.1) is 5.92 Å². The minimum absolute atomic E-state index is 0.0662. The molecule has 1 aromatic rings. The minimum Gasteiger partial charge on any atom is -0.396 e. The van der Waals surface area contributed by atoms with Crippen LogP contribution in [0.25, 0.3) is 0 Å². The van der Waals surface area contributed by atoms with Crippen LogP contribution < -0.4 is 10.6 Å². The molecule has 0 saturated heterocycles. The third kappa shape index (κ3) is 4.71. The van der Waals surface area contributed by atoms with Crippen LogP contribution in [-0.4, -0.2) is 37.4 Å². The Morgan fingerprint density at radius 3 is 2.73 bits per heavy atom. The van der Waals surface area contributed by atoms with Crippen LogP contribution in [0.15, 0.2) is 30.3 Å². The van der Waals surface area contributed by atoms with Gasteiger partial charge in [-0.25, -0.2) is 4.79 Å². The van der Waals surface area contributed by atoms with E-state index in [4.69, 9.17) is 4.74 Å². The van der Waals surface area contributed by atoms with Gasteiger partial charge in [-0.05, 0) is 18.4 Å². The quantitative estimate of drug-likeness (QED) is 0.755. The first-order valence-corrected chi connectivity index (χ1v) is 7.97. The lowest BCUT2D eigenvalue weighted by Crippen LogP contribution is -2.48. The van der Waals surface area contributed by atoms with Gasteiger partial charge in [-0.2, -0.15) is 0 Å². The maximum absolute atomic E-state index is 12.1. The van der Waals surface area contributed by atoms with Gasteiger partial charge < -0.3 is 20.5 Å². The van der Waals surface area contributed by atoms with Crippen LogP contribution in [-0.2, 0) is 4.74 Å². The van der Waals surface area contributed by atoms with Gasteiger partial charge in [0, 0.05) is 32.2 Å². The minimum atomic E-state index is -0.191. The molecule has 2 amide bonds. The molecule has 1 fully saturated rings. The first-order valence-electron chi connectivity index (χ1n) is 7.97. The first-order chi connectivity index (χ1) is 10.7. The molecule has 3 N–H and O–H groups in total. The molecule has 3 unspecified atom stereocenters. The molecule has 1 saturated carbocycles. The summed E-state index contributed by atoms with van der Waals surface area (Å²) in [5, 5.41) is 15.2. The van der Waals surface area contributed by atoms with Crippen LogP contribution in [0.5, 0.6) is 0 Å². The topological polar surface area (TPSA) is 70.6 Å². The Bertz CT molecular complexity index is 452. The summed E-state index contributed by atoms with van der Waals surface area (Å²) >= 11 is 0. The second-order valence-electron chi connectivity index (χ2n) is 5.82. The van der Waals surface area contributed by atoms with Gasteiger partial charge >= 0.3 is 6.03 Å². The van der Waals surface area contributed by atoms with E-state index in [0.717, 1.165) is 31.2 Å². The maximum atomic E-state index is 12.1. The van der Waals surface area contributed by atoms with Crippen molar-refractivity contribution in [1.29, 1.82) is 0 Å². The largest absolute Gasteiger partial charge is 0.396 e. The van der Waals surface area contributed by atoms with Crippen molar-refractivity contribution in [1.82, 2.24) is 10.6 Å². The summed E-state index contributed by atoms with van der Waals surface area (Å²) in [6, 6.07) is 9.70. The van der Waals surface area contributed by atoms with Crippen molar-refractivity contribution in [3.8, 4) is 0 Å². The zero-order valence-electron chi connectivity index (χ0n) is 13.1. The predicted molar refractivity (Wildman–Crippen MR) is 85.6 cm³/mol. The number of ether oxygens (including phenoxy) is 1. The van der Waals surface area contributed by atoms with E-state index >= 15 is 0 Å². The van der Waals surface area contributed by atoms with E-state index in [1.807, 2.05) is 30.3 Å². The molecule has 1 aliphatic rings. The molecular formula is C17H26N2O3. The fourth-order valence-electron chi connectivity index (χ4n) is 3.03. The fourth-order valence-corrected chi connectivity index (χ4v) is 3.03. The van der Waals surface area contributed by atoms with Crippen LogP contribution in [0.1, 0.15) is 37.4 Å². The highest BCUT2D eigenvalue weighted by atomic mass is 16.5. The Hall–Kier alpha value is -1.59. The number of urea groups is 1. The lowest BCUT2D eigenvalue weighted by atomic mass is 9.85. The third-order valence-corrected chi connectivity index (χ3v) is 4.36. The predicted octanol–water partition coefficient (Wildman–Crippen LogP) is 2.22. The van der Waals surface area contributed by atoms with Crippen LogP contribution >= 0.6 is 0 Å². The molecule has 1 aromatic carbocycles. The molecule has 5 heteroatoms. The normalized spacial score (nSPS) is 22.8. The number of carbonyl (C=O) groups is 1. The molecule has 3 atom stereocenters. The molecule has 5 nitrogen and oxygen atoms in total. The second-order valence-corrected chi connectivity index (χ2v) is 5.82. The van der Waals surface area contributed by atoms with Gasteiger partial charge in [0.05, 0.1) is 6.10 Å². The second kappa shape index (κ2) is 8.76. The van der Waals surface area contributed by atoms with Crippen LogP contribution in [0.2, 0.25) is 0 Å². The first kappa shape index (κ1) is 16.8. The molecule has 1 aliphatic carbocycles. The van der Waals surface area contributed by atoms with Crippen molar-refractivity contribution in [2.45, 2.75) is 37.8 Å². The number of aliphatic hydroxyl groups is 1. The third-order valence-electron chi connectivity index (χ3n) is 4.36. The summed E-state index contributed by atoms with van der Waals surface area (Å²) < 4.78 is 5.44. The van der Waals surface area contributed by atoms with E-state index in [-0.39, 0.29) is 30.7 Å². The summed E-state index contributed by atoms with van der Waals surface area (Å²) in [4.78, 5) is 12.1. The molecule has 22 heavy (non-hydrogen) atoms. The van der Waals surface area contributed by atoms with E-state index in [1.54, 1.807) is 7.11 Å². The van der Waals surface area contributed by atoms with E-state index in [2.05, 4.69) is 10.6 Å². The SMILES string of the molecule is COC(CNC(=O)NC1CCCCC1CO)c1ccccc1. The van der Waals surface area contributed by atoms with Gasteiger partial charge in [0.25, 0.3) is 0 Å². The van der Waals surface area contributed by atoms with Crippen LogP contribution in [0.4, 0.5) is 4.79 Å². The molecule has 122 valence electrons. The van der Waals surface area contributed by atoms with E-state index in [0.29, 0.717) is 6.54 Å². The fraction of sp³-hybridized carbons (Fsp3) is 0.588. The molecule has 2 rings (SSSR count). The number of rotatable bonds is 6. The standard InChI is InChI=1S/C17H26N2O3/c1-22-16(13-7-3-2-4-8-13)11-18-17(21)19-15-10-6-5-9-14(15)12-20/h2-4,7-8,14-16,20H,5-6,9-12H2,1H3,(H2,18,19,21). The molecule has 0 aromatic heterocycles. The van der Waals surface area contributed by atoms with Gasteiger partial charge in [0.1, 0.15) is 0 Å². The van der Waals surface area contributed by atoms with E-state index < -0.39 is 0 Å². The number of amides is 2. The molecule has 0 heterocycles. The maximum Gasteiger partial charge on any atom is 0.315 e. The number of hydrogen-bond donors (Lipinski definition) is 3. The summed E-state index contributed by atoms with van der Waals surface area (Å²) in [7, 11) is 1.64. The van der Waals surface area contributed by atoms with Crippen molar-refractivity contribution in [2.24, 2.45) is 5.92 Å². The summed E-state index contributed by atoms with van der Waals surface area (Å²) in [5.74, 6) is 0.173. The lowest BCUT2D eigenvalue weighted by Gasteiger charge is -2.31. The lowest BCUT2D eigenvalue weighted by molar-refractivity contribution is 0.103. The summed E-state index contributed by atoms with van der Waals surface area (Å²) in [6.45, 7) is 0.554. The van der Waals surface area contributed by atoms with Crippen molar-refractivity contribution in [3.63, 3.8) is 0 Å². The molecule has 0 aliphatic heterocycles. The summed E-state index contributed by atoms with van der Waals surface area (Å²) in [5.41, 5.74) is 1.04. The van der Waals surface area contributed by atoms with Crippen molar-refractivity contribution in [2.75, 3.05) is 20.3 Å². The van der Waals surface area contributed by atoms with Crippen LogP contribution in [0.3, 0.4) is 0 Å². The van der Waals surface area contributed by atoms with Gasteiger partial charge in [0.2, 0.25) is 0 Å². The zero-order valence-corrected chi connectivity index (χ0v) is 13.1. The van der Waals surface area contributed by atoms with Gasteiger partial charge in [-0.3, -0.25) is 0 Å². The van der Waals surface area contributed by atoms with Gasteiger partial charge in [-0.15, -0.1) is 0 Å². The van der Waals surface area contributed by atoms with Crippen molar-refractivity contribution in [3.05, 3.63) is 35.9 Å². The van der Waals surface area contributed by atoms with E-state index in [9.17, 15) is 9.90 Å². The smallest absolute Gasteiger partial charge is 0.315 e. The Balaban J connectivity index is 1.81. The number of methoxy groups -OCH3 is 1. The van der Waals surface area contributed by atoms with Crippen molar-refractivity contribution < 1.29 is 14.6 Å². The Labute approximate surface area is 132 Å². The molecule has 0 bridgehead atoms. The van der Waals surface area contributed by atoms with E-state index in [1.165, 1.54) is 0 Å². The number of benzene rings is 1. The highest BCUT2D eigenvalue weighted by Crippen LogP contribution is 2.23. The summed E-state index contributed by atoms with van der Waals surface area (Å²) in [6.07, 6.45) is 3.99. The monoisotopic (exact) mass is 306 g/mol. The Morgan fingerprint density at radius 1 is 1.32 bits per heavy atom. The number of nitrogens with one attached hydrogen (secondary N) is 2. The van der Waals surface area contributed by atoms with Gasteiger partial charge in [-0.1, -0.05) is 43.2 Å². The molecule has 0 spiro atoms. The number of carbonyl (C=O) groups excluding carboxylic acids is 1. The number of aliphatic hydroxyl groups excluding tert-OH is 1.